The van der Waals surface area contributed by atoms with Gasteiger partial charge in [-0.3, -0.25) is 4.99 Å². The molecule has 10 heavy (non-hydrogen) atoms. The lowest BCUT2D eigenvalue weighted by molar-refractivity contribution is 0.898. The van der Waals surface area contributed by atoms with E-state index in [1.807, 2.05) is 14.0 Å². The monoisotopic (exact) mass is 157 g/mol. The van der Waals surface area contributed by atoms with Crippen LogP contribution in [0.25, 0.3) is 0 Å². The third kappa shape index (κ3) is 3.72. The maximum Gasteiger partial charge on any atom is 0.0742 e. The Balaban J connectivity index is 3.99. The molecule has 58 valence electrons. The van der Waals surface area contributed by atoms with Crippen LogP contribution in [-0.4, -0.2) is 12.1 Å². The topological polar surface area (TPSA) is 12.4 Å². The highest BCUT2D eigenvalue weighted by molar-refractivity contribution is 8.17. The zero-order valence-corrected chi connectivity index (χ0v) is 7.96. The summed E-state index contributed by atoms with van der Waals surface area (Å²) in [6.45, 7) is 10.1. The van der Waals surface area contributed by atoms with Crippen molar-refractivity contribution in [1.29, 1.82) is 0 Å². The van der Waals surface area contributed by atoms with Crippen molar-refractivity contribution >= 4 is 16.8 Å². The van der Waals surface area contributed by atoms with Crippen molar-refractivity contribution in [1.82, 2.24) is 0 Å². The van der Waals surface area contributed by atoms with Gasteiger partial charge in [0.25, 0.3) is 0 Å². The highest BCUT2D eigenvalue weighted by Gasteiger charge is 2.03. The first-order chi connectivity index (χ1) is 4.57. The Labute approximate surface area is 67.6 Å². The third-order valence-electron chi connectivity index (χ3n) is 0.993. The van der Waals surface area contributed by atoms with Crippen molar-refractivity contribution in [3.8, 4) is 0 Å². The van der Waals surface area contributed by atoms with Crippen molar-refractivity contribution in [2.45, 2.75) is 20.8 Å². The van der Waals surface area contributed by atoms with Crippen LogP contribution in [0.2, 0.25) is 0 Å². The second kappa shape index (κ2) is 4.56. The van der Waals surface area contributed by atoms with Crippen LogP contribution in [0.1, 0.15) is 20.8 Å². The molecule has 0 aliphatic rings. The Morgan fingerprint density at radius 3 is 2.10 bits per heavy atom. The van der Waals surface area contributed by atoms with Crippen LogP contribution in [-0.2, 0) is 0 Å². The van der Waals surface area contributed by atoms with E-state index in [0.717, 1.165) is 9.95 Å². The molecular weight excluding hydrogens is 142 g/mol. The third-order valence-corrected chi connectivity index (χ3v) is 2.20. The Morgan fingerprint density at radius 1 is 1.50 bits per heavy atom. The summed E-state index contributed by atoms with van der Waals surface area (Å²) in [6.07, 6.45) is 0. The van der Waals surface area contributed by atoms with Gasteiger partial charge < -0.3 is 0 Å². The second-order valence-electron chi connectivity index (χ2n) is 2.52. The number of aliphatic imine (C=N–C) groups is 1. The molecule has 0 heterocycles. The Morgan fingerprint density at radius 2 is 2.00 bits per heavy atom. The maximum atomic E-state index is 4.15. The summed E-state index contributed by atoms with van der Waals surface area (Å²) in [5.41, 5.74) is 0. The molecule has 0 aliphatic heterocycles. The predicted octanol–water partition coefficient (Wildman–Crippen LogP) is 2.94. The Kier molecular flexibility index (Phi) is 4.45. The molecule has 0 amide bonds. The SMILES string of the molecule is C=C(C)S/C(=N\C)C(C)C. The summed E-state index contributed by atoms with van der Waals surface area (Å²) < 4.78 is 0. The lowest BCUT2D eigenvalue weighted by atomic mass is 10.2. The van der Waals surface area contributed by atoms with Gasteiger partial charge in [-0.2, -0.15) is 0 Å². The van der Waals surface area contributed by atoms with E-state index in [1.54, 1.807) is 11.8 Å². The molecule has 0 aromatic carbocycles. The largest absolute Gasteiger partial charge is 0.286 e. The first-order valence-corrected chi connectivity index (χ1v) is 4.19. The molecule has 0 saturated carbocycles. The summed E-state index contributed by atoms with van der Waals surface area (Å²) >= 11 is 1.66. The molecule has 0 fully saturated rings. The van der Waals surface area contributed by atoms with Gasteiger partial charge in [0.05, 0.1) is 5.04 Å². The van der Waals surface area contributed by atoms with Gasteiger partial charge in [0.15, 0.2) is 0 Å². The molecule has 1 nitrogen and oxygen atoms in total. The van der Waals surface area contributed by atoms with Crippen LogP contribution in [0.5, 0.6) is 0 Å². The lowest BCUT2D eigenvalue weighted by Crippen LogP contribution is -2.01. The number of rotatable bonds is 2. The summed E-state index contributed by atoms with van der Waals surface area (Å²) in [4.78, 5) is 5.25. The van der Waals surface area contributed by atoms with Crippen molar-refractivity contribution in [2.75, 3.05) is 7.05 Å². The molecular formula is C8H15NS. The van der Waals surface area contributed by atoms with Gasteiger partial charge in [-0.1, -0.05) is 32.2 Å². The van der Waals surface area contributed by atoms with E-state index in [0.29, 0.717) is 5.92 Å². The average Bonchev–Trinajstić information content (AvgIpc) is 1.81. The van der Waals surface area contributed by atoms with Crippen LogP contribution in [0.4, 0.5) is 0 Å². The molecule has 0 radical (unpaired) electrons. The van der Waals surface area contributed by atoms with Crippen LogP contribution in [0.3, 0.4) is 0 Å². The molecule has 0 atom stereocenters. The zero-order valence-electron chi connectivity index (χ0n) is 7.14. The van der Waals surface area contributed by atoms with Crippen molar-refractivity contribution in [3.63, 3.8) is 0 Å². The zero-order chi connectivity index (χ0) is 8.15. The standard InChI is InChI=1S/C8H15NS/c1-6(2)8(9-5)10-7(3)4/h6H,3H2,1-2,4-5H3/b9-8-. The smallest absolute Gasteiger partial charge is 0.0742 e. The van der Waals surface area contributed by atoms with E-state index >= 15 is 0 Å². The minimum absolute atomic E-state index is 0.520. The predicted molar refractivity (Wildman–Crippen MR) is 50.6 cm³/mol. The van der Waals surface area contributed by atoms with Crippen LogP contribution in [0, 0.1) is 5.92 Å². The number of allylic oxidation sites excluding steroid dienone is 1. The number of thioether (sulfide) groups is 1. The van der Waals surface area contributed by atoms with Crippen molar-refractivity contribution in [3.05, 3.63) is 11.5 Å². The Bertz CT molecular complexity index is 147. The van der Waals surface area contributed by atoms with Crippen LogP contribution in [0.15, 0.2) is 16.5 Å². The van der Waals surface area contributed by atoms with E-state index in [1.165, 1.54) is 0 Å². The lowest BCUT2D eigenvalue weighted by Gasteiger charge is -2.06. The van der Waals surface area contributed by atoms with Crippen LogP contribution < -0.4 is 0 Å². The fourth-order valence-electron chi connectivity index (χ4n) is 0.600. The van der Waals surface area contributed by atoms with Gasteiger partial charge in [0.1, 0.15) is 0 Å². The first kappa shape index (κ1) is 9.76. The van der Waals surface area contributed by atoms with E-state index in [9.17, 15) is 0 Å². The van der Waals surface area contributed by atoms with E-state index < -0.39 is 0 Å². The van der Waals surface area contributed by atoms with E-state index in [4.69, 9.17) is 0 Å². The fourth-order valence-corrected chi connectivity index (χ4v) is 1.28. The van der Waals surface area contributed by atoms with Crippen molar-refractivity contribution in [2.24, 2.45) is 10.9 Å². The number of hydrogen-bond acceptors (Lipinski definition) is 2. The molecule has 0 aromatic rings. The van der Waals surface area contributed by atoms with Gasteiger partial charge >= 0.3 is 0 Å². The van der Waals surface area contributed by atoms with Gasteiger partial charge in [0, 0.05) is 13.0 Å². The molecule has 0 spiro atoms. The first-order valence-electron chi connectivity index (χ1n) is 3.38. The van der Waals surface area contributed by atoms with Gasteiger partial charge in [-0.25, -0.2) is 0 Å². The van der Waals surface area contributed by atoms with Gasteiger partial charge in [-0.15, -0.1) is 0 Å². The maximum absolute atomic E-state index is 4.15. The molecule has 0 saturated heterocycles. The average molecular weight is 157 g/mol. The second-order valence-corrected chi connectivity index (χ2v) is 3.84. The molecule has 0 aliphatic carbocycles. The molecule has 0 bridgehead atoms. The normalized spacial score (nSPS) is 12.3. The molecule has 0 N–H and O–H groups in total. The molecule has 0 unspecified atom stereocenters. The fraction of sp³-hybridized carbons (Fsp3) is 0.625. The Hall–Kier alpha value is -0.240. The molecule has 0 rings (SSSR count). The molecule has 0 aromatic heterocycles. The van der Waals surface area contributed by atoms with Gasteiger partial charge in [-0.05, 0) is 11.8 Å². The quantitative estimate of drug-likeness (QED) is 0.443. The van der Waals surface area contributed by atoms with E-state index in [2.05, 4.69) is 25.4 Å². The highest BCUT2D eigenvalue weighted by atomic mass is 32.2. The number of nitrogens with zero attached hydrogens (tertiary/aromatic N) is 1. The summed E-state index contributed by atoms with van der Waals surface area (Å²) in [5.74, 6) is 0.520. The van der Waals surface area contributed by atoms with Crippen molar-refractivity contribution < 1.29 is 0 Å². The highest BCUT2D eigenvalue weighted by Crippen LogP contribution is 2.19. The summed E-state index contributed by atoms with van der Waals surface area (Å²) in [7, 11) is 1.82. The van der Waals surface area contributed by atoms with Crippen LogP contribution >= 0.6 is 11.8 Å². The minimum atomic E-state index is 0.520. The van der Waals surface area contributed by atoms with E-state index in [-0.39, 0.29) is 0 Å². The summed E-state index contributed by atoms with van der Waals surface area (Å²) in [6, 6.07) is 0. The molecule has 2 heteroatoms. The minimum Gasteiger partial charge on any atom is -0.286 e. The summed E-state index contributed by atoms with van der Waals surface area (Å²) in [5, 5.41) is 1.16. The van der Waals surface area contributed by atoms with Gasteiger partial charge in [0.2, 0.25) is 0 Å². The number of hydrogen-bond donors (Lipinski definition) is 0.